The van der Waals surface area contributed by atoms with Crippen LogP contribution in [0.25, 0.3) is 33.4 Å². The van der Waals surface area contributed by atoms with Crippen LogP contribution >= 0.6 is 0 Å². The summed E-state index contributed by atoms with van der Waals surface area (Å²) in [7, 11) is 0. The van der Waals surface area contributed by atoms with Crippen LogP contribution in [0.5, 0.6) is 5.75 Å². The van der Waals surface area contributed by atoms with Gasteiger partial charge in [0.1, 0.15) is 18.5 Å². The molecule has 0 unspecified atom stereocenters. The van der Waals surface area contributed by atoms with Crippen molar-refractivity contribution < 1.29 is 14.6 Å². The number of fused-ring (bicyclic) bond motifs is 1. The highest BCUT2D eigenvalue weighted by Gasteiger charge is 2.19. The number of ketones is 1. The molecule has 3 aromatic carbocycles. The minimum atomic E-state index is -0.759. The second kappa shape index (κ2) is 10.4. The molecule has 0 bridgehead atoms. The molecule has 0 aliphatic rings. The van der Waals surface area contributed by atoms with Gasteiger partial charge < -0.3 is 19.0 Å². The van der Waals surface area contributed by atoms with Gasteiger partial charge in [0.15, 0.2) is 5.78 Å². The van der Waals surface area contributed by atoms with Crippen LogP contribution in [-0.4, -0.2) is 37.7 Å². The number of hydrogen-bond acceptors (Lipinski definition) is 4. The van der Waals surface area contributed by atoms with Crippen LogP contribution < -0.4 is 4.74 Å². The molecule has 5 aromatic rings. The maximum atomic E-state index is 12.3. The van der Waals surface area contributed by atoms with Gasteiger partial charge in [0.2, 0.25) is 0 Å². The lowest BCUT2D eigenvalue weighted by atomic mass is 10.0. The Bertz CT molecular complexity index is 1530. The third-order valence-electron chi connectivity index (χ3n) is 6.75. The molecule has 2 aromatic heterocycles. The highest BCUT2D eigenvalue weighted by molar-refractivity contribution is 6.08. The first kappa shape index (κ1) is 24.5. The summed E-state index contributed by atoms with van der Waals surface area (Å²) in [5.74, 6) is 0.663. The third-order valence-corrected chi connectivity index (χ3v) is 6.75. The van der Waals surface area contributed by atoms with Gasteiger partial charge >= 0.3 is 0 Å². The molecular formula is C31H31N3O3. The number of aromatic nitrogens is 3. The number of imidazole rings is 1. The van der Waals surface area contributed by atoms with Gasteiger partial charge in [-0.1, -0.05) is 60.7 Å². The Labute approximate surface area is 216 Å². The maximum Gasteiger partial charge on any atom is 0.162 e. The second-order valence-corrected chi connectivity index (χ2v) is 9.23. The number of Topliss-reactive ketones (excluding diaryl/α,β-unsaturated/α-hetero) is 1. The summed E-state index contributed by atoms with van der Waals surface area (Å²) in [6.07, 6.45) is 1.01. The lowest BCUT2D eigenvalue weighted by molar-refractivity contribution is 0.0929. The van der Waals surface area contributed by atoms with Crippen molar-refractivity contribution in [1.82, 2.24) is 14.1 Å². The molecule has 1 atom stereocenters. The molecule has 6 nitrogen and oxygen atoms in total. The average Bonchev–Trinajstić information content (AvgIpc) is 3.45. The summed E-state index contributed by atoms with van der Waals surface area (Å²) < 4.78 is 10.1. The number of benzene rings is 3. The number of carbonyl (C=O) groups excluding carboxylic acids is 1. The first-order valence-corrected chi connectivity index (χ1v) is 12.6. The van der Waals surface area contributed by atoms with Crippen molar-refractivity contribution in [1.29, 1.82) is 0 Å². The monoisotopic (exact) mass is 493 g/mol. The Balaban J connectivity index is 1.38. The van der Waals surface area contributed by atoms with Crippen LogP contribution in [0.2, 0.25) is 0 Å². The number of rotatable bonds is 9. The first-order chi connectivity index (χ1) is 18.0. The summed E-state index contributed by atoms with van der Waals surface area (Å²) in [6.45, 7) is 6.87. The number of nitrogens with zero attached hydrogens (tertiary/aromatic N) is 3. The fourth-order valence-corrected chi connectivity index (χ4v) is 5.10. The molecule has 0 aliphatic heterocycles. The fourth-order valence-electron chi connectivity index (χ4n) is 5.10. The van der Waals surface area contributed by atoms with Gasteiger partial charge in [-0.2, -0.15) is 0 Å². The molecule has 0 fully saturated rings. The Morgan fingerprint density at radius 3 is 2.32 bits per heavy atom. The van der Waals surface area contributed by atoms with Gasteiger partial charge in [-0.05, 0) is 39.0 Å². The maximum absolute atomic E-state index is 12.3. The zero-order valence-corrected chi connectivity index (χ0v) is 21.4. The number of hydrogen-bond donors (Lipinski definition) is 1. The number of carbonyl (C=O) groups is 1. The Kier molecular flexibility index (Phi) is 6.93. The van der Waals surface area contributed by atoms with E-state index in [1.807, 2.05) is 78.2 Å². The third kappa shape index (κ3) is 4.80. The van der Waals surface area contributed by atoms with Crippen molar-refractivity contribution >= 4 is 16.7 Å². The molecule has 0 saturated heterocycles. The molecule has 5 rings (SSSR count). The molecule has 0 aliphatic carbocycles. The number of ether oxygens (including phenoxy) is 1. The Morgan fingerprint density at radius 1 is 1.00 bits per heavy atom. The van der Waals surface area contributed by atoms with E-state index in [1.54, 1.807) is 13.3 Å². The van der Waals surface area contributed by atoms with E-state index in [0.29, 0.717) is 12.3 Å². The molecule has 1 N–H and O–H groups in total. The second-order valence-electron chi connectivity index (χ2n) is 9.23. The fraction of sp³-hybridized carbons (Fsp3) is 0.226. The highest BCUT2D eigenvalue weighted by atomic mass is 16.5. The van der Waals surface area contributed by atoms with E-state index in [-0.39, 0.29) is 12.4 Å². The first-order valence-electron chi connectivity index (χ1n) is 12.6. The molecule has 0 amide bonds. The minimum absolute atomic E-state index is 0.0367. The Hall–Kier alpha value is -4.16. The predicted octanol–water partition coefficient (Wildman–Crippen LogP) is 6.14. The van der Waals surface area contributed by atoms with Gasteiger partial charge in [-0.3, -0.25) is 4.79 Å². The number of aliphatic hydroxyl groups excluding tert-OH is 1. The molecule has 0 radical (unpaired) electrons. The van der Waals surface area contributed by atoms with Crippen LogP contribution in [0.4, 0.5) is 0 Å². The summed E-state index contributed by atoms with van der Waals surface area (Å²) in [4.78, 5) is 17.0. The van der Waals surface area contributed by atoms with E-state index in [4.69, 9.17) is 4.74 Å². The summed E-state index contributed by atoms with van der Waals surface area (Å²) in [5, 5.41) is 11.8. The number of aryl methyl sites for hydroxylation is 1. The van der Waals surface area contributed by atoms with E-state index in [2.05, 4.69) is 28.6 Å². The zero-order chi connectivity index (χ0) is 25.9. The van der Waals surface area contributed by atoms with E-state index in [9.17, 15) is 9.90 Å². The van der Waals surface area contributed by atoms with Crippen LogP contribution in [0.1, 0.15) is 29.9 Å². The largest absolute Gasteiger partial charge is 0.491 e. The van der Waals surface area contributed by atoms with E-state index >= 15 is 0 Å². The molecule has 2 heterocycles. The molecule has 188 valence electrons. The van der Waals surface area contributed by atoms with Gasteiger partial charge in [-0.25, -0.2) is 4.98 Å². The van der Waals surface area contributed by atoms with Crippen LogP contribution in [-0.2, 0) is 13.1 Å². The highest BCUT2D eigenvalue weighted by Crippen LogP contribution is 2.32. The SMILES string of the molecule is CCn1c(C)c(C(C)=O)c2cc(OC[C@H](O)Cn3cnc(-c4ccccc4)c3-c3ccccc3)ccc21. The lowest BCUT2D eigenvalue weighted by Crippen LogP contribution is -2.23. The van der Waals surface area contributed by atoms with Gasteiger partial charge in [0.05, 0.1) is 24.3 Å². The molecule has 37 heavy (non-hydrogen) atoms. The van der Waals surface area contributed by atoms with Crippen molar-refractivity contribution in [2.24, 2.45) is 0 Å². The topological polar surface area (TPSA) is 69.3 Å². The van der Waals surface area contributed by atoms with Crippen LogP contribution in [0.3, 0.4) is 0 Å². The van der Waals surface area contributed by atoms with Crippen LogP contribution in [0.15, 0.2) is 85.2 Å². The quantitative estimate of drug-likeness (QED) is 0.250. The predicted molar refractivity (Wildman–Crippen MR) is 147 cm³/mol. The summed E-state index contributed by atoms with van der Waals surface area (Å²) >= 11 is 0. The van der Waals surface area contributed by atoms with E-state index in [0.717, 1.165) is 51.2 Å². The minimum Gasteiger partial charge on any atom is -0.491 e. The van der Waals surface area contributed by atoms with E-state index in [1.165, 1.54) is 0 Å². The summed E-state index contributed by atoms with van der Waals surface area (Å²) in [5.41, 5.74) is 6.58. The standard InChI is InChI=1S/C31H31N3O3/c1-4-34-21(2)29(22(3)35)27-17-26(15-16-28(27)34)37-19-25(36)18-33-20-32-30(23-11-7-5-8-12-23)31(33)24-13-9-6-10-14-24/h5-17,20,25,36H,4,18-19H2,1-3H3/t25-/m1/s1. The van der Waals surface area contributed by atoms with Crippen molar-refractivity contribution in [3.05, 3.63) is 96.4 Å². The van der Waals surface area contributed by atoms with E-state index < -0.39 is 6.10 Å². The van der Waals surface area contributed by atoms with Crippen LogP contribution in [0, 0.1) is 6.92 Å². The Morgan fingerprint density at radius 2 is 1.68 bits per heavy atom. The van der Waals surface area contributed by atoms with Gasteiger partial charge in [0.25, 0.3) is 0 Å². The molecule has 0 saturated carbocycles. The van der Waals surface area contributed by atoms with Crippen molar-refractivity contribution in [3.63, 3.8) is 0 Å². The summed E-state index contributed by atoms with van der Waals surface area (Å²) in [6, 6.07) is 25.9. The van der Waals surface area contributed by atoms with Crippen molar-refractivity contribution in [3.8, 4) is 28.3 Å². The van der Waals surface area contributed by atoms with Crippen molar-refractivity contribution in [2.75, 3.05) is 6.61 Å². The number of aliphatic hydroxyl groups is 1. The average molecular weight is 494 g/mol. The smallest absolute Gasteiger partial charge is 0.162 e. The lowest BCUT2D eigenvalue weighted by Gasteiger charge is -2.16. The molecular weight excluding hydrogens is 462 g/mol. The van der Waals surface area contributed by atoms with Gasteiger partial charge in [0, 0.05) is 39.8 Å². The van der Waals surface area contributed by atoms with Gasteiger partial charge in [-0.15, -0.1) is 0 Å². The normalized spacial score (nSPS) is 12.1. The zero-order valence-electron chi connectivity index (χ0n) is 21.4. The molecule has 0 spiro atoms. The molecule has 6 heteroatoms. The van der Waals surface area contributed by atoms with Crippen molar-refractivity contribution in [2.45, 2.75) is 40.0 Å².